The van der Waals surface area contributed by atoms with Gasteiger partial charge in [0.25, 0.3) is 5.91 Å². The lowest BCUT2D eigenvalue weighted by molar-refractivity contribution is 0.0423. The minimum atomic E-state index is -0.173. The topological polar surface area (TPSA) is 76.4 Å². The van der Waals surface area contributed by atoms with E-state index in [1.165, 1.54) is 0 Å². The zero-order valence-corrected chi connectivity index (χ0v) is 11.5. The lowest BCUT2D eigenvalue weighted by Gasteiger charge is -2.34. The van der Waals surface area contributed by atoms with Crippen molar-refractivity contribution in [1.29, 1.82) is 0 Å². The minimum absolute atomic E-state index is 0.0453. The number of carbonyl (C=O) groups excluding carboxylic acids is 1. The number of carbonyl (C=O) groups is 1. The van der Waals surface area contributed by atoms with Gasteiger partial charge in [0.05, 0.1) is 5.69 Å². The SMILES string of the molecule is Cc1cc(C(=O)NC2(C)CCOCC2)ccc1NN. The van der Waals surface area contributed by atoms with Gasteiger partial charge in [0.1, 0.15) is 0 Å². The average Bonchev–Trinajstić information content (AvgIpc) is 2.39. The quantitative estimate of drug-likeness (QED) is 0.571. The minimum Gasteiger partial charge on any atom is -0.381 e. The Labute approximate surface area is 113 Å². The first-order valence-electron chi connectivity index (χ1n) is 6.52. The average molecular weight is 263 g/mol. The smallest absolute Gasteiger partial charge is 0.251 e. The summed E-state index contributed by atoms with van der Waals surface area (Å²) >= 11 is 0. The van der Waals surface area contributed by atoms with Crippen LogP contribution in [-0.2, 0) is 4.74 Å². The molecule has 0 aliphatic carbocycles. The third-order valence-corrected chi connectivity index (χ3v) is 3.66. The Morgan fingerprint density at radius 3 is 2.63 bits per heavy atom. The molecule has 1 aromatic rings. The number of benzene rings is 1. The third kappa shape index (κ3) is 3.24. The molecule has 4 N–H and O–H groups in total. The molecule has 5 heteroatoms. The number of hydrazine groups is 1. The number of hydrogen-bond acceptors (Lipinski definition) is 4. The van der Waals surface area contributed by atoms with Crippen LogP contribution in [0.5, 0.6) is 0 Å². The third-order valence-electron chi connectivity index (χ3n) is 3.66. The summed E-state index contributed by atoms with van der Waals surface area (Å²) < 4.78 is 5.33. The van der Waals surface area contributed by atoms with Gasteiger partial charge < -0.3 is 15.5 Å². The zero-order chi connectivity index (χ0) is 13.9. The molecule has 1 aromatic carbocycles. The summed E-state index contributed by atoms with van der Waals surface area (Å²) in [5.41, 5.74) is 4.86. The molecule has 0 unspecified atom stereocenters. The molecule has 1 fully saturated rings. The summed E-state index contributed by atoms with van der Waals surface area (Å²) in [4.78, 5) is 12.3. The molecule has 104 valence electrons. The molecule has 19 heavy (non-hydrogen) atoms. The Balaban J connectivity index is 2.09. The van der Waals surface area contributed by atoms with E-state index in [1.54, 1.807) is 6.07 Å². The van der Waals surface area contributed by atoms with E-state index in [9.17, 15) is 4.79 Å². The molecule has 0 radical (unpaired) electrons. The molecular weight excluding hydrogens is 242 g/mol. The molecule has 5 nitrogen and oxygen atoms in total. The number of nitrogens with two attached hydrogens (primary N) is 1. The van der Waals surface area contributed by atoms with E-state index in [0.717, 1.165) is 24.1 Å². The van der Waals surface area contributed by atoms with Crippen LogP contribution in [0.3, 0.4) is 0 Å². The Hall–Kier alpha value is -1.59. The first-order chi connectivity index (χ1) is 9.04. The predicted octanol–water partition coefficient (Wildman–Crippen LogP) is 1.58. The number of nitrogens with one attached hydrogen (secondary N) is 2. The Kier molecular flexibility index (Phi) is 4.07. The molecule has 2 rings (SSSR count). The van der Waals surface area contributed by atoms with Gasteiger partial charge in [0, 0.05) is 24.3 Å². The van der Waals surface area contributed by atoms with Gasteiger partial charge in [-0.1, -0.05) is 0 Å². The second-order valence-corrected chi connectivity index (χ2v) is 5.30. The van der Waals surface area contributed by atoms with Gasteiger partial charge in [-0.05, 0) is 50.5 Å². The van der Waals surface area contributed by atoms with Crippen molar-refractivity contribution in [1.82, 2.24) is 5.32 Å². The summed E-state index contributed by atoms with van der Waals surface area (Å²) in [6, 6.07) is 5.43. The van der Waals surface area contributed by atoms with Crippen LogP contribution in [0.2, 0.25) is 0 Å². The predicted molar refractivity (Wildman–Crippen MR) is 74.9 cm³/mol. The van der Waals surface area contributed by atoms with Gasteiger partial charge in [-0.2, -0.15) is 0 Å². The van der Waals surface area contributed by atoms with Gasteiger partial charge in [-0.25, -0.2) is 0 Å². The van der Waals surface area contributed by atoms with Crippen molar-refractivity contribution >= 4 is 11.6 Å². The Morgan fingerprint density at radius 1 is 1.37 bits per heavy atom. The van der Waals surface area contributed by atoms with Gasteiger partial charge in [-0.3, -0.25) is 10.6 Å². The van der Waals surface area contributed by atoms with Crippen LogP contribution in [0.4, 0.5) is 5.69 Å². The van der Waals surface area contributed by atoms with Crippen LogP contribution in [0.1, 0.15) is 35.7 Å². The molecular formula is C14H21N3O2. The van der Waals surface area contributed by atoms with Crippen molar-refractivity contribution in [3.05, 3.63) is 29.3 Å². The highest BCUT2D eigenvalue weighted by Gasteiger charge is 2.29. The highest BCUT2D eigenvalue weighted by Crippen LogP contribution is 2.21. The van der Waals surface area contributed by atoms with E-state index in [-0.39, 0.29) is 11.4 Å². The first-order valence-corrected chi connectivity index (χ1v) is 6.52. The molecule has 1 saturated heterocycles. The molecule has 1 heterocycles. The number of ether oxygens (including phenoxy) is 1. The van der Waals surface area contributed by atoms with Crippen molar-refractivity contribution in [2.24, 2.45) is 5.84 Å². The highest BCUT2D eigenvalue weighted by molar-refractivity contribution is 5.95. The molecule has 1 aliphatic heterocycles. The maximum Gasteiger partial charge on any atom is 0.251 e. The van der Waals surface area contributed by atoms with Crippen LogP contribution in [0.15, 0.2) is 18.2 Å². The normalized spacial score (nSPS) is 17.8. The molecule has 0 bridgehead atoms. The van der Waals surface area contributed by atoms with Crippen LogP contribution in [0, 0.1) is 6.92 Å². The fourth-order valence-corrected chi connectivity index (χ4v) is 2.26. The van der Waals surface area contributed by atoms with Crippen LogP contribution in [-0.4, -0.2) is 24.7 Å². The Morgan fingerprint density at radius 2 is 2.05 bits per heavy atom. The lowest BCUT2D eigenvalue weighted by atomic mass is 9.92. The fraction of sp³-hybridized carbons (Fsp3) is 0.500. The molecule has 1 amide bonds. The van der Waals surface area contributed by atoms with E-state index in [0.29, 0.717) is 18.8 Å². The number of aryl methyl sites for hydroxylation is 1. The highest BCUT2D eigenvalue weighted by atomic mass is 16.5. The summed E-state index contributed by atoms with van der Waals surface area (Å²) in [7, 11) is 0. The summed E-state index contributed by atoms with van der Waals surface area (Å²) in [6.07, 6.45) is 1.69. The van der Waals surface area contributed by atoms with E-state index in [4.69, 9.17) is 10.6 Å². The van der Waals surface area contributed by atoms with Crippen molar-refractivity contribution in [3.8, 4) is 0 Å². The van der Waals surface area contributed by atoms with E-state index >= 15 is 0 Å². The number of rotatable bonds is 3. The van der Waals surface area contributed by atoms with Gasteiger partial charge in [0.15, 0.2) is 0 Å². The number of amides is 1. The van der Waals surface area contributed by atoms with Gasteiger partial charge in [0.2, 0.25) is 0 Å². The van der Waals surface area contributed by atoms with E-state index in [2.05, 4.69) is 17.7 Å². The Bertz CT molecular complexity index is 468. The number of nitrogen functional groups attached to an aromatic ring is 1. The summed E-state index contributed by atoms with van der Waals surface area (Å²) in [6.45, 7) is 5.38. The molecule has 0 spiro atoms. The second kappa shape index (κ2) is 5.59. The monoisotopic (exact) mass is 263 g/mol. The van der Waals surface area contributed by atoms with Crippen LogP contribution in [0.25, 0.3) is 0 Å². The van der Waals surface area contributed by atoms with Crippen LogP contribution >= 0.6 is 0 Å². The van der Waals surface area contributed by atoms with Gasteiger partial charge in [-0.15, -0.1) is 0 Å². The summed E-state index contributed by atoms with van der Waals surface area (Å²) in [5.74, 6) is 5.34. The van der Waals surface area contributed by atoms with Gasteiger partial charge >= 0.3 is 0 Å². The molecule has 0 aromatic heterocycles. The summed E-state index contributed by atoms with van der Waals surface area (Å²) in [5, 5.41) is 3.11. The molecule has 0 atom stereocenters. The lowest BCUT2D eigenvalue weighted by Crippen LogP contribution is -2.49. The molecule has 1 aliphatic rings. The molecule has 0 saturated carbocycles. The number of anilines is 1. The van der Waals surface area contributed by atoms with E-state index in [1.807, 2.05) is 19.1 Å². The van der Waals surface area contributed by atoms with E-state index < -0.39 is 0 Å². The van der Waals surface area contributed by atoms with Crippen molar-refractivity contribution in [2.45, 2.75) is 32.2 Å². The zero-order valence-electron chi connectivity index (χ0n) is 11.5. The number of hydrogen-bond donors (Lipinski definition) is 3. The maximum atomic E-state index is 12.3. The van der Waals surface area contributed by atoms with Crippen molar-refractivity contribution in [3.63, 3.8) is 0 Å². The standard InChI is InChI=1S/C14H21N3O2/c1-10-9-11(3-4-12(10)17-15)13(18)16-14(2)5-7-19-8-6-14/h3-4,9,17H,5-8,15H2,1-2H3,(H,16,18). The van der Waals surface area contributed by atoms with Crippen molar-refractivity contribution in [2.75, 3.05) is 18.6 Å². The first kappa shape index (κ1) is 13.8. The van der Waals surface area contributed by atoms with Crippen molar-refractivity contribution < 1.29 is 9.53 Å². The second-order valence-electron chi connectivity index (χ2n) is 5.30. The largest absolute Gasteiger partial charge is 0.381 e. The fourth-order valence-electron chi connectivity index (χ4n) is 2.26. The van der Waals surface area contributed by atoms with Crippen LogP contribution < -0.4 is 16.6 Å². The maximum absolute atomic E-state index is 12.3.